The largest absolute Gasteiger partial charge is 0.463 e. The van der Waals surface area contributed by atoms with E-state index in [9.17, 15) is 4.79 Å². The molecule has 0 saturated carbocycles. The Kier molecular flexibility index (Phi) is 4.40. The molecular weight excluding hydrogens is 274 g/mol. The topological polar surface area (TPSA) is 39.2 Å². The molecule has 2 rings (SSSR count). The maximum Gasteiger partial charge on any atom is 0.330 e. The van der Waals surface area contributed by atoms with E-state index in [1.165, 1.54) is 6.08 Å². The van der Waals surface area contributed by atoms with Crippen LogP contribution in [0.4, 0.5) is 0 Å². The number of pyridine rings is 1. The zero-order valence-corrected chi connectivity index (χ0v) is 12.5. The van der Waals surface area contributed by atoms with Gasteiger partial charge in [0.05, 0.1) is 12.1 Å². The summed E-state index contributed by atoms with van der Waals surface area (Å²) in [4.78, 5) is 15.9. The summed E-state index contributed by atoms with van der Waals surface area (Å²) < 4.78 is 4.87. The van der Waals surface area contributed by atoms with E-state index in [2.05, 4.69) is 4.98 Å². The SMILES string of the molecule is CCOC(=O)C=Cc1cc(Cl)cc2c(C)cc(C)nc12. The van der Waals surface area contributed by atoms with E-state index in [-0.39, 0.29) is 5.97 Å². The van der Waals surface area contributed by atoms with Crippen molar-refractivity contribution < 1.29 is 9.53 Å². The molecule has 1 aromatic heterocycles. The second-order valence-corrected chi connectivity index (χ2v) is 4.99. The van der Waals surface area contributed by atoms with Crippen LogP contribution in [0.15, 0.2) is 24.3 Å². The van der Waals surface area contributed by atoms with Gasteiger partial charge in [-0.2, -0.15) is 0 Å². The van der Waals surface area contributed by atoms with Gasteiger partial charge in [-0.3, -0.25) is 4.98 Å². The molecular formula is C16H16ClNO2. The number of rotatable bonds is 3. The maximum atomic E-state index is 11.4. The van der Waals surface area contributed by atoms with Gasteiger partial charge in [0.25, 0.3) is 0 Å². The number of hydrogen-bond acceptors (Lipinski definition) is 3. The average Bonchev–Trinajstić information content (AvgIpc) is 2.37. The average molecular weight is 290 g/mol. The zero-order chi connectivity index (χ0) is 14.7. The molecule has 0 amide bonds. The third kappa shape index (κ3) is 3.17. The van der Waals surface area contributed by atoms with E-state index in [1.807, 2.05) is 26.0 Å². The molecule has 104 valence electrons. The van der Waals surface area contributed by atoms with Crippen molar-refractivity contribution in [2.75, 3.05) is 6.61 Å². The van der Waals surface area contributed by atoms with Gasteiger partial charge >= 0.3 is 5.97 Å². The van der Waals surface area contributed by atoms with Gasteiger partial charge in [0.2, 0.25) is 0 Å². The number of aromatic nitrogens is 1. The molecule has 1 heterocycles. The van der Waals surface area contributed by atoms with E-state index < -0.39 is 0 Å². The normalized spacial score (nSPS) is 11.2. The Balaban J connectivity index is 2.55. The van der Waals surface area contributed by atoms with Crippen LogP contribution in [0.1, 0.15) is 23.7 Å². The predicted octanol–water partition coefficient (Wildman–Crippen LogP) is 4.08. The van der Waals surface area contributed by atoms with Crippen LogP contribution in [0.3, 0.4) is 0 Å². The summed E-state index contributed by atoms with van der Waals surface area (Å²) in [5.41, 5.74) is 3.70. The summed E-state index contributed by atoms with van der Waals surface area (Å²) in [7, 11) is 0. The van der Waals surface area contributed by atoms with Crippen LogP contribution >= 0.6 is 11.6 Å². The monoisotopic (exact) mass is 289 g/mol. The van der Waals surface area contributed by atoms with Gasteiger partial charge in [0, 0.05) is 27.7 Å². The Labute approximate surface area is 123 Å². The summed E-state index contributed by atoms with van der Waals surface area (Å²) in [5, 5.41) is 1.61. The lowest BCUT2D eigenvalue weighted by Gasteiger charge is -2.07. The Morgan fingerprint density at radius 3 is 2.80 bits per heavy atom. The first-order valence-electron chi connectivity index (χ1n) is 6.43. The number of esters is 1. The summed E-state index contributed by atoms with van der Waals surface area (Å²) in [6.07, 6.45) is 3.09. The molecule has 0 atom stereocenters. The van der Waals surface area contributed by atoms with Crippen molar-refractivity contribution in [1.82, 2.24) is 4.98 Å². The fraction of sp³-hybridized carbons (Fsp3) is 0.250. The molecule has 0 saturated heterocycles. The Bertz CT molecular complexity index is 692. The van der Waals surface area contributed by atoms with Gasteiger partial charge in [0.15, 0.2) is 0 Å². The first kappa shape index (κ1) is 14.5. The number of hydrogen-bond donors (Lipinski definition) is 0. The van der Waals surface area contributed by atoms with Crippen molar-refractivity contribution in [3.05, 3.63) is 46.1 Å². The van der Waals surface area contributed by atoms with E-state index >= 15 is 0 Å². The first-order valence-corrected chi connectivity index (χ1v) is 6.81. The summed E-state index contributed by atoms with van der Waals surface area (Å²) in [6.45, 7) is 6.09. The fourth-order valence-electron chi connectivity index (χ4n) is 2.12. The molecule has 0 radical (unpaired) electrons. The minimum Gasteiger partial charge on any atom is -0.463 e. The lowest BCUT2D eigenvalue weighted by Crippen LogP contribution is -1.99. The summed E-state index contributed by atoms with van der Waals surface area (Å²) >= 11 is 6.13. The molecule has 1 aromatic carbocycles. The highest BCUT2D eigenvalue weighted by molar-refractivity contribution is 6.31. The molecule has 0 aliphatic heterocycles. The second kappa shape index (κ2) is 6.06. The molecule has 0 spiro atoms. The molecule has 0 bridgehead atoms. The predicted molar refractivity (Wildman–Crippen MR) is 81.9 cm³/mol. The quantitative estimate of drug-likeness (QED) is 0.631. The molecule has 0 N–H and O–H groups in total. The van der Waals surface area contributed by atoms with Gasteiger partial charge in [-0.25, -0.2) is 4.79 Å². The van der Waals surface area contributed by atoms with E-state index in [0.29, 0.717) is 11.6 Å². The molecule has 0 aliphatic carbocycles. The number of benzene rings is 1. The van der Waals surface area contributed by atoms with E-state index in [1.54, 1.807) is 19.1 Å². The highest BCUT2D eigenvalue weighted by atomic mass is 35.5. The number of carbonyl (C=O) groups is 1. The van der Waals surface area contributed by atoms with Crippen molar-refractivity contribution in [3.63, 3.8) is 0 Å². The summed E-state index contributed by atoms with van der Waals surface area (Å²) in [6, 6.07) is 5.70. The third-order valence-electron chi connectivity index (χ3n) is 2.93. The number of ether oxygens (including phenoxy) is 1. The number of fused-ring (bicyclic) bond motifs is 1. The second-order valence-electron chi connectivity index (χ2n) is 4.56. The maximum absolute atomic E-state index is 11.4. The smallest absolute Gasteiger partial charge is 0.330 e. The fourth-order valence-corrected chi connectivity index (χ4v) is 2.35. The van der Waals surface area contributed by atoms with Crippen LogP contribution < -0.4 is 0 Å². The standard InChI is InChI=1S/C16H16ClNO2/c1-4-20-15(19)6-5-12-8-13(17)9-14-10(2)7-11(3)18-16(12)14/h5-9H,4H2,1-3H3. The lowest BCUT2D eigenvalue weighted by atomic mass is 10.0. The minimum absolute atomic E-state index is 0.357. The molecule has 0 fully saturated rings. The highest BCUT2D eigenvalue weighted by Crippen LogP contribution is 2.26. The van der Waals surface area contributed by atoms with Crippen LogP contribution in [0.5, 0.6) is 0 Å². The molecule has 20 heavy (non-hydrogen) atoms. The van der Waals surface area contributed by atoms with Crippen molar-refractivity contribution in [2.24, 2.45) is 0 Å². The van der Waals surface area contributed by atoms with Gasteiger partial charge in [0.1, 0.15) is 0 Å². The van der Waals surface area contributed by atoms with Crippen molar-refractivity contribution in [1.29, 1.82) is 0 Å². The minimum atomic E-state index is -0.370. The van der Waals surface area contributed by atoms with Gasteiger partial charge in [-0.15, -0.1) is 0 Å². The lowest BCUT2D eigenvalue weighted by molar-refractivity contribution is -0.137. The molecule has 2 aromatic rings. The van der Waals surface area contributed by atoms with Crippen LogP contribution in [-0.2, 0) is 9.53 Å². The van der Waals surface area contributed by atoms with Gasteiger partial charge < -0.3 is 4.74 Å². The van der Waals surface area contributed by atoms with Crippen molar-refractivity contribution in [2.45, 2.75) is 20.8 Å². The van der Waals surface area contributed by atoms with Crippen LogP contribution in [0.2, 0.25) is 5.02 Å². The highest BCUT2D eigenvalue weighted by Gasteiger charge is 2.07. The Morgan fingerprint density at radius 2 is 2.10 bits per heavy atom. The molecule has 0 aliphatic rings. The van der Waals surface area contributed by atoms with E-state index in [4.69, 9.17) is 16.3 Å². The van der Waals surface area contributed by atoms with E-state index in [0.717, 1.165) is 27.7 Å². The third-order valence-corrected chi connectivity index (χ3v) is 3.15. The zero-order valence-electron chi connectivity index (χ0n) is 11.7. The number of aryl methyl sites for hydroxylation is 2. The Hall–Kier alpha value is -1.87. The summed E-state index contributed by atoms with van der Waals surface area (Å²) in [5.74, 6) is -0.370. The van der Waals surface area contributed by atoms with Gasteiger partial charge in [-0.1, -0.05) is 11.6 Å². The molecule has 3 nitrogen and oxygen atoms in total. The first-order chi connectivity index (χ1) is 9.51. The van der Waals surface area contributed by atoms with Crippen LogP contribution in [-0.4, -0.2) is 17.6 Å². The van der Waals surface area contributed by atoms with Crippen LogP contribution in [0.25, 0.3) is 17.0 Å². The number of carbonyl (C=O) groups excluding carboxylic acids is 1. The number of halogens is 1. The van der Waals surface area contributed by atoms with Crippen molar-refractivity contribution >= 4 is 34.5 Å². The molecule has 0 unspecified atom stereocenters. The Morgan fingerprint density at radius 1 is 1.35 bits per heavy atom. The van der Waals surface area contributed by atoms with Gasteiger partial charge in [-0.05, 0) is 50.6 Å². The number of nitrogens with zero attached hydrogens (tertiary/aromatic N) is 1. The molecule has 4 heteroatoms. The van der Waals surface area contributed by atoms with Crippen molar-refractivity contribution in [3.8, 4) is 0 Å². The van der Waals surface area contributed by atoms with Crippen LogP contribution in [0, 0.1) is 13.8 Å².